The molecule has 0 saturated carbocycles. The van der Waals surface area contributed by atoms with Gasteiger partial charge in [-0.1, -0.05) is 6.92 Å². The molecule has 0 unspecified atom stereocenters. The normalized spacial score (nSPS) is 11.1. The number of rotatable bonds is 4. The fraction of sp³-hybridized carbons (Fsp3) is 0.308. The summed E-state index contributed by atoms with van der Waals surface area (Å²) >= 11 is 1.63. The number of aromatic nitrogens is 4. The second-order valence-electron chi connectivity index (χ2n) is 4.28. The van der Waals surface area contributed by atoms with Crippen molar-refractivity contribution in [1.29, 1.82) is 0 Å². The van der Waals surface area contributed by atoms with E-state index in [9.17, 15) is 0 Å². The van der Waals surface area contributed by atoms with Crippen LogP contribution in [0, 0.1) is 6.92 Å². The number of imidazole rings is 1. The highest BCUT2D eigenvalue weighted by atomic mass is 32.1. The Hall–Kier alpha value is -1.95. The van der Waals surface area contributed by atoms with E-state index in [1.807, 2.05) is 23.1 Å². The Morgan fingerprint density at radius 3 is 3.00 bits per heavy atom. The van der Waals surface area contributed by atoms with E-state index in [0.717, 1.165) is 34.8 Å². The van der Waals surface area contributed by atoms with Crippen LogP contribution >= 0.6 is 11.3 Å². The smallest absolute Gasteiger partial charge is 0.226 e. The van der Waals surface area contributed by atoms with Crippen molar-refractivity contribution in [2.24, 2.45) is 0 Å². The summed E-state index contributed by atoms with van der Waals surface area (Å²) in [6.45, 7) is 4.97. The van der Waals surface area contributed by atoms with Crippen LogP contribution in [-0.2, 0) is 0 Å². The zero-order valence-corrected chi connectivity index (χ0v) is 11.7. The van der Waals surface area contributed by atoms with E-state index >= 15 is 0 Å². The van der Waals surface area contributed by atoms with Crippen molar-refractivity contribution in [3.63, 3.8) is 0 Å². The Balaban J connectivity index is 2.16. The van der Waals surface area contributed by atoms with E-state index in [1.165, 1.54) is 0 Å². The van der Waals surface area contributed by atoms with Crippen molar-refractivity contribution in [3.05, 3.63) is 29.7 Å². The quantitative estimate of drug-likeness (QED) is 0.794. The van der Waals surface area contributed by atoms with Crippen LogP contribution in [0.2, 0.25) is 0 Å². The molecule has 0 radical (unpaired) electrons. The molecule has 98 valence electrons. The lowest BCUT2D eigenvalue weighted by Gasteiger charge is -2.09. The van der Waals surface area contributed by atoms with Gasteiger partial charge in [0.25, 0.3) is 0 Å². The van der Waals surface area contributed by atoms with E-state index in [1.54, 1.807) is 17.5 Å². The van der Waals surface area contributed by atoms with Crippen LogP contribution < -0.4 is 5.32 Å². The summed E-state index contributed by atoms with van der Waals surface area (Å²) < 4.78 is 1.99. The number of nitrogens with one attached hydrogen (secondary N) is 1. The van der Waals surface area contributed by atoms with Gasteiger partial charge in [-0.25, -0.2) is 9.97 Å². The predicted octanol–water partition coefficient (Wildman–Crippen LogP) is 3.01. The Bertz CT molecular complexity index is 700. The molecule has 0 aliphatic carbocycles. The molecule has 5 nitrogen and oxygen atoms in total. The van der Waals surface area contributed by atoms with Gasteiger partial charge in [-0.05, 0) is 24.8 Å². The number of hydrogen-bond donors (Lipinski definition) is 1. The van der Waals surface area contributed by atoms with Gasteiger partial charge in [0.2, 0.25) is 5.95 Å². The van der Waals surface area contributed by atoms with Crippen LogP contribution in [0.4, 0.5) is 5.95 Å². The molecule has 6 heteroatoms. The molecule has 1 N–H and O–H groups in total. The van der Waals surface area contributed by atoms with Gasteiger partial charge in [0.1, 0.15) is 10.7 Å². The average Bonchev–Trinajstić information content (AvgIpc) is 3.03. The number of anilines is 1. The van der Waals surface area contributed by atoms with E-state index in [4.69, 9.17) is 0 Å². The number of hydrogen-bond acceptors (Lipinski definition) is 5. The standard InChI is InChI=1S/C13H15N5S/c1-3-5-15-13-16-11(18-7-6-14-9(18)2)10-4-8-19-12(10)17-13/h4,6-8H,3,5H2,1-2H3,(H,15,16,17). The summed E-state index contributed by atoms with van der Waals surface area (Å²) in [5.41, 5.74) is 0. The molecule has 0 bridgehead atoms. The molecule has 3 aromatic rings. The number of thiophene rings is 1. The van der Waals surface area contributed by atoms with Crippen molar-refractivity contribution >= 4 is 27.5 Å². The Morgan fingerprint density at radius 1 is 1.37 bits per heavy atom. The average molecular weight is 273 g/mol. The second-order valence-corrected chi connectivity index (χ2v) is 5.18. The molecular formula is C13H15N5S. The predicted molar refractivity (Wildman–Crippen MR) is 78.1 cm³/mol. The van der Waals surface area contributed by atoms with Crippen LogP contribution in [0.3, 0.4) is 0 Å². The van der Waals surface area contributed by atoms with Crippen molar-refractivity contribution in [1.82, 2.24) is 19.5 Å². The van der Waals surface area contributed by atoms with Gasteiger partial charge in [0.15, 0.2) is 5.82 Å². The molecule has 0 atom stereocenters. The van der Waals surface area contributed by atoms with Crippen molar-refractivity contribution in [2.45, 2.75) is 20.3 Å². The third-order valence-corrected chi connectivity index (χ3v) is 3.70. The molecular weight excluding hydrogens is 258 g/mol. The molecule has 3 rings (SSSR count). The highest BCUT2D eigenvalue weighted by molar-refractivity contribution is 7.16. The summed E-state index contributed by atoms with van der Waals surface area (Å²) in [5, 5.41) is 6.35. The summed E-state index contributed by atoms with van der Waals surface area (Å²) in [6, 6.07) is 2.05. The van der Waals surface area contributed by atoms with Gasteiger partial charge in [-0.15, -0.1) is 11.3 Å². The minimum Gasteiger partial charge on any atom is -0.354 e. The van der Waals surface area contributed by atoms with Gasteiger partial charge < -0.3 is 5.32 Å². The first-order valence-corrected chi connectivity index (χ1v) is 7.17. The van der Waals surface area contributed by atoms with Crippen molar-refractivity contribution in [3.8, 4) is 5.82 Å². The largest absolute Gasteiger partial charge is 0.354 e. The van der Waals surface area contributed by atoms with Crippen molar-refractivity contribution in [2.75, 3.05) is 11.9 Å². The molecule has 0 aliphatic rings. The van der Waals surface area contributed by atoms with Gasteiger partial charge in [0.05, 0.1) is 5.39 Å². The summed E-state index contributed by atoms with van der Waals surface area (Å²) in [7, 11) is 0. The van der Waals surface area contributed by atoms with E-state index < -0.39 is 0 Å². The molecule has 0 aromatic carbocycles. The highest BCUT2D eigenvalue weighted by Crippen LogP contribution is 2.26. The van der Waals surface area contributed by atoms with E-state index in [2.05, 4.69) is 33.3 Å². The monoisotopic (exact) mass is 273 g/mol. The molecule has 19 heavy (non-hydrogen) atoms. The molecule has 0 fully saturated rings. The summed E-state index contributed by atoms with van der Waals surface area (Å²) in [4.78, 5) is 14.4. The third kappa shape index (κ3) is 2.19. The minimum atomic E-state index is 0.680. The van der Waals surface area contributed by atoms with Crippen molar-refractivity contribution < 1.29 is 0 Å². The number of nitrogens with zero attached hydrogens (tertiary/aromatic N) is 4. The van der Waals surface area contributed by atoms with Crippen LogP contribution in [-0.4, -0.2) is 26.1 Å². The lowest BCUT2D eigenvalue weighted by molar-refractivity contribution is 0.918. The Morgan fingerprint density at radius 2 is 2.26 bits per heavy atom. The fourth-order valence-electron chi connectivity index (χ4n) is 1.94. The summed E-state index contributed by atoms with van der Waals surface area (Å²) in [5.74, 6) is 2.49. The van der Waals surface area contributed by atoms with Crippen LogP contribution in [0.15, 0.2) is 23.8 Å². The Kier molecular flexibility index (Phi) is 3.16. The molecule has 0 aliphatic heterocycles. The highest BCUT2D eigenvalue weighted by Gasteiger charge is 2.11. The van der Waals surface area contributed by atoms with Gasteiger partial charge in [-0.3, -0.25) is 4.57 Å². The maximum Gasteiger partial charge on any atom is 0.226 e. The minimum absolute atomic E-state index is 0.680. The van der Waals surface area contributed by atoms with Crippen LogP contribution in [0.1, 0.15) is 19.2 Å². The second kappa shape index (κ2) is 4.97. The molecule has 0 saturated heterocycles. The topological polar surface area (TPSA) is 55.6 Å². The zero-order chi connectivity index (χ0) is 13.2. The fourth-order valence-corrected chi connectivity index (χ4v) is 2.70. The number of aryl methyl sites for hydroxylation is 1. The third-order valence-electron chi connectivity index (χ3n) is 2.89. The summed E-state index contributed by atoms with van der Waals surface area (Å²) in [6.07, 6.45) is 4.76. The lowest BCUT2D eigenvalue weighted by Crippen LogP contribution is -2.07. The maximum absolute atomic E-state index is 4.62. The molecule has 0 spiro atoms. The SMILES string of the molecule is CCCNc1nc(-n2ccnc2C)c2ccsc2n1. The first-order valence-electron chi connectivity index (χ1n) is 6.29. The van der Waals surface area contributed by atoms with Gasteiger partial charge in [-0.2, -0.15) is 4.98 Å². The molecule has 3 heterocycles. The van der Waals surface area contributed by atoms with Crippen LogP contribution in [0.5, 0.6) is 0 Å². The molecule has 0 amide bonds. The molecule has 3 aromatic heterocycles. The van der Waals surface area contributed by atoms with Gasteiger partial charge >= 0.3 is 0 Å². The maximum atomic E-state index is 4.62. The van der Waals surface area contributed by atoms with E-state index in [0.29, 0.717) is 5.95 Å². The van der Waals surface area contributed by atoms with E-state index in [-0.39, 0.29) is 0 Å². The van der Waals surface area contributed by atoms with Gasteiger partial charge in [0, 0.05) is 18.9 Å². The van der Waals surface area contributed by atoms with Crippen LogP contribution in [0.25, 0.3) is 16.0 Å². The number of fused-ring (bicyclic) bond motifs is 1. The first kappa shape index (κ1) is 12.1. The zero-order valence-electron chi connectivity index (χ0n) is 10.9. The first-order chi connectivity index (χ1) is 9.29. The Labute approximate surface area is 115 Å². The lowest BCUT2D eigenvalue weighted by atomic mass is 10.3.